The summed E-state index contributed by atoms with van der Waals surface area (Å²) in [4.78, 5) is 22.2. The van der Waals surface area contributed by atoms with E-state index in [0.717, 1.165) is 12.4 Å². The summed E-state index contributed by atoms with van der Waals surface area (Å²) in [5.74, 6) is 2.14. The molecule has 0 spiro atoms. The molecule has 106 valence electrons. The van der Waals surface area contributed by atoms with Gasteiger partial charge in [-0.1, -0.05) is 0 Å². The van der Waals surface area contributed by atoms with Crippen molar-refractivity contribution < 1.29 is 4.79 Å². The van der Waals surface area contributed by atoms with Gasteiger partial charge in [0.2, 0.25) is 5.91 Å². The molecule has 1 rings (SSSR count). The van der Waals surface area contributed by atoms with E-state index in [4.69, 9.17) is 0 Å². The molecule has 6 heteroatoms. The quantitative estimate of drug-likeness (QED) is 0.815. The number of likely N-dealkylation sites (N-methyl/N-ethyl adjacent to an activating group) is 1. The summed E-state index contributed by atoms with van der Waals surface area (Å²) in [6, 6.07) is 1.50. The normalized spacial score (nSPS) is 11.8. The van der Waals surface area contributed by atoms with Gasteiger partial charge in [0.15, 0.2) is 0 Å². The Hall–Kier alpha value is -1.85. The third-order valence-electron chi connectivity index (χ3n) is 2.78. The van der Waals surface area contributed by atoms with Gasteiger partial charge in [-0.05, 0) is 27.7 Å². The number of nitrogens with one attached hydrogen (secondary N) is 2. The molecular formula is C13H23N5O. The standard InChI is InChI=1S/C13H23N5O/c1-6-14-11-8-12(17-10(4)16-11)15-9(3)13(19)18(5)7-2/h8-9H,6-7H2,1-5H3,(H2,14,15,16,17). The fourth-order valence-corrected chi connectivity index (χ4v) is 1.68. The zero-order valence-corrected chi connectivity index (χ0v) is 12.3. The van der Waals surface area contributed by atoms with Crippen LogP contribution in [0.25, 0.3) is 0 Å². The van der Waals surface area contributed by atoms with Gasteiger partial charge in [0.1, 0.15) is 23.5 Å². The van der Waals surface area contributed by atoms with Gasteiger partial charge in [-0.25, -0.2) is 9.97 Å². The minimum absolute atomic E-state index is 0.0452. The van der Waals surface area contributed by atoms with Crippen molar-refractivity contribution in [2.24, 2.45) is 0 Å². The van der Waals surface area contributed by atoms with E-state index in [1.807, 2.05) is 33.8 Å². The summed E-state index contributed by atoms with van der Waals surface area (Å²) >= 11 is 0. The topological polar surface area (TPSA) is 70.2 Å². The number of nitrogens with zero attached hydrogens (tertiary/aromatic N) is 3. The molecule has 0 aliphatic heterocycles. The summed E-state index contributed by atoms with van der Waals surface area (Å²) in [6.45, 7) is 9.10. The second-order valence-corrected chi connectivity index (χ2v) is 4.43. The Bertz CT molecular complexity index is 435. The molecule has 1 amide bonds. The summed E-state index contributed by atoms with van der Waals surface area (Å²) in [5.41, 5.74) is 0. The van der Waals surface area contributed by atoms with Crippen LogP contribution in [-0.2, 0) is 4.79 Å². The summed E-state index contributed by atoms with van der Waals surface area (Å²) < 4.78 is 0. The molecule has 0 aromatic carbocycles. The number of carbonyl (C=O) groups excluding carboxylic acids is 1. The van der Waals surface area contributed by atoms with E-state index in [1.165, 1.54) is 0 Å². The molecular weight excluding hydrogens is 242 g/mol. The third-order valence-corrected chi connectivity index (χ3v) is 2.78. The zero-order valence-electron chi connectivity index (χ0n) is 12.3. The van der Waals surface area contributed by atoms with Crippen LogP contribution in [-0.4, -0.2) is 47.0 Å². The molecule has 1 aromatic rings. The van der Waals surface area contributed by atoms with Crippen LogP contribution >= 0.6 is 0 Å². The van der Waals surface area contributed by atoms with Crippen LogP contribution in [0.3, 0.4) is 0 Å². The van der Waals surface area contributed by atoms with Crippen LogP contribution in [0, 0.1) is 6.92 Å². The highest BCUT2D eigenvalue weighted by molar-refractivity contribution is 5.83. The van der Waals surface area contributed by atoms with E-state index >= 15 is 0 Å². The number of amides is 1. The van der Waals surface area contributed by atoms with Gasteiger partial charge in [0.05, 0.1) is 0 Å². The Morgan fingerprint density at radius 3 is 2.58 bits per heavy atom. The molecule has 0 fully saturated rings. The van der Waals surface area contributed by atoms with Crippen LogP contribution in [0.4, 0.5) is 11.6 Å². The predicted molar refractivity (Wildman–Crippen MR) is 77.3 cm³/mol. The number of carbonyl (C=O) groups is 1. The van der Waals surface area contributed by atoms with Gasteiger partial charge in [-0.2, -0.15) is 0 Å². The summed E-state index contributed by atoms with van der Waals surface area (Å²) in [7, 11) is 1.79. The molecule has 0 radical (unpaired) electrons. The van der Waals surface area contributed by atoms with Crippen molar-refractivity contribution in [1.29, 1.82) is 0 Å². The van der Waals surface area contributed by atoms with Crippen LogP contribution in [0.15, 0.2) is 6.07 Å². The van der Waals surface area contributed by atoms with Gasteiger partial charge in [-0.15, -0.1) is 0 Å². The first-order chi connectivity index (χ1) is 8.97. The summed E-state index contributed by atoms with van der Waals surface area (Å²) in [5, 5.41) is 6.25. The van der Waals surface area contributed by atoms with E-state index in [1.54, 1.807) is 11.9 Å². The highest BCUT2D eigenvalue weighted by Gasteiger charge is 2.16. The molecule has 1 unspecified atom stereocenters. The van der Waals surface area contributed by atoms with Crippen molar-refractivity contribution in [3.8, 4) is 0 Å². The second-order valence-electron chi connectivity index (χ2n) is 4.43. The Balaban J connectivity index is 2.78. The van der Waals surface area contributed by atoms with Gasteiger partial charge in [0, 0.05) is 26.2 Å². The first-order valence-electron chi connectivity index (χ1n) is 6.59. The molecule has 0 aliphatic carbocycles. The Labute approximate surface area is 114 Å². The van der Waals surface area contributed by atoms with Crippen LogP contribution in [0.2, 0.25) is 0 Å². The van der Waals surface area contributed by atoms with Gasteiger partial charge in [-0.3, -0.25) is 4.79 Å². The Morgan fingerprint density at radius 1 is 1.37 bits per heavy atom. The number of hydrogen-bond acceptors (Lipinski definition) is 5. The van der Waals surface area contributed by atoms with Crippen molar-refractivity contribution in [2.75, 3.05) is 30.8 Å². The summed E-state index contributed by atoms with van der Waals surface area (Å²) in [6.07, 6.45) is 0. The molecule has 19 heavy (non-hydrogen) atoms. The Kier molecular flexibility index (Phi) is 5.54. The minimum Gasteiger partial charge on any atom is -0.370 e. The largest absolute Gasteiger partial charge is 0.370 e. The highest BCUT2D eigenvalue weighted by Crippen LogP contribution is 2.12. The average Bonchev–Trinajstić information content (AvgIpc) is 2.36. The number of anilines is 2. The van der Waals surface area contributed by atoms with Gasteiger partial charge < -0.3 is 15.5 Å². The van der Waals surface area contributed by atoms with Crippen molar-refractivity contribution >= 4 is 17.5 Å². The first kappa shape index (κ1) is 15.2. The van der Waals surface area contributed by atoms with Crippen LogP contribution in [0.1, 0.15) is 26.6 Å². The molecule has 0 aliphatic rings. The SMILES string of the molecule is CCNc1cc(NC(C)C(=O)N(C)CC)nc(C)n1. The molecule has 1 atom stereocenters. The molecule has 0 saturated carbocycles. The smallest absolute Gasteiger partial charge is 0.244 e. The molecule has 2 N–H and O–H groups in total. The van der Waals surface area contributed by atoms with Gasteiger partial charge in [0.25, 0.3) is 0 Å². The zero-order chi connectivity index (χ0) is 14.4. The lowest BCUT2D eigenvalue weighted by atomic mass is 10.3. The number of aryl methyl sites for hydroxylation is 1. The maximum absolute atomic E-state index is 12.0. The lowest BCUT2D eigenvalue weighted by Gasteiger charge is -2.21. The van der Waals surface area contributed by atoms with E-state index in [9.17, 15) is 4.79 Å². The first-order valence-corrected chi connectivity index (χ1v) is 6.59. The average molecular weight is 265 g/mol. The van der Waals surface area contributed by atoms with E-state index < -0.39 is 0 Å². The van der Waals surface area contributed by atoms with Crippen molar-refractivity contribution in [3.05, 3.63) is 11.9 Å². The minimum atomic E-state index is -0.311. The van der Waals surface area contributed by atoms with Crippen LogP contribution < -0.4 is 10.6 Å². The maximum atomic E-state index is 12.0. The monoisotopic (exact) mass is 265 g/mol. The van der Waals surface area contributed by atoms with Crippen molar-refractivity contribution in [1.82, 2.24) is 14.9 Å². The second kappa shape index (κ2) is 6.92. The molecule has 0 bridgehead atoms. The van der Waals surface area contributed by atoms with E-state index in [2.05, 4.69) is 20.6 Å². The maximum Gasteiger partial charge on any atom is 0.244 e. The van der Waals surface area contributed by atoms with Crippen molar-refractivity contribution in [3.63, 3.8) is 0 Å². The van der Waals surface area contributed by atoms with E-state index in [0.29, 0.717) is 18.2 Å². The lowest BCUT2D eigenvalue weighted by Crippen LogP contribution is -2.39. The van der Waals surface area contributed by atoms with Crippen molar-refractivity contribution in [2.45, 2.75) is 33.7 Å². The number of rotatable bonds is 6. The molecule has 6 nitrogen and oxygen atoms in total. The van der Waals surface area contributed by atoms with Crippen LogP contribution in [0.5, 0.6) is 0 Å². The fourth-order valence-electron chi connectivity index (χ4n) is 1.68. The highest BCUT2D eigenvalue weighted by atomic mass is 16.2. The molecule has 0 saturated heterocycles. The molecule has 1 heterocycles. The molecule has 1 aromatic heterocycles. The lowest BCUT2D eigenvalue weighted by molar-refractivity contribution is -0.130. The fraction of sp³-hybridized carbons (Fsp3) is 0.615. The van der Waals surface area contributed by atoms with E-state index in [-0.39, 0.29) is 11.9 Å². The van der Waals surface area contributed by atoms with Gasteiger partial charge >= 0.3 is 0 Å². The predicted octanol–water partition coefficient (Wildman–Crippen LogP) is 1.50. The number of hydrogen-bond donors (Lipinski definition) is 2. The Morgan fingerprint density at radius 2 is 2.00 bits per heavy atom. The third kappa shape index (κ3) is 4.39. The number of aromatic nitrogens is 2.